The van der Waals surface area contributed by atoms with Gasteiger partial charge < -0.3 is 40.2 Å². The second-order valence-corrected chi connectivity index (χ2v) is 16.7. The molecule has 0 spiro atoms. The second kappa shape index (κ2) is 17.1. The molecule has 4 aromatic carbocycles. The summed E-state index contributed by atoms with van der Waals surface area (Å²) in [6.07, 6.45) is 4.92. The number of amides is 4. The lowest BCUT2D eigenvalue weighted by Crippen LogP contribution is -2.51. The van der Waals surface area contributed by atoms with Crippen LogP contribution in [0.5, 0.6) is 0 Å². The van der Waals surface area contributed by atoms with Crippen LogP contribution < -0.4 is 10.6 Å². The molecule has 61 heavy (non-hydrogen) atoms. The van der Waals surface area contributed by atoms with Crippen molar-refractivity contribution in [3.63, 3.8) is 0 Å². The van der Waals surface area contributed by atoms with Gasteiger partial charge in [0.15, 0.2) is 0 Å². The molecule has 14 heteroatoms. The van der Waals surface area contributed by atoms with Crippen LogP contribution >= 0.6 is 0 Å². The number of alkyl carbamates (subject to hydrolysis) is 1. The lowest BCUT2D eigenvalue weighted by Gasteiger charge is -2.30. The molecule has 2 saturated heterocycles. The number of hydrogen-bond donors (Lipinski definition) is 5. The molecule has 2 fully saturated rings. The molecule has 1 unspecified atom stereocenters. The zero-order chi connectivity index (χ0) is 42.9. The van der Waals surface area contributed by atoms with Gasteiger partial charge in [0, 0.05) is 24.2 Å². The van der Waals surface area contributed by atoms with Crippen LogP contribution in [0.3, 0.4) is 0 Å². The fourth-order valence-corrected chi connectivity index (χ4v) is 9.18. The highest BCUT2D eigenvalue weighted by Gasteiger charge is 2.39. The standard InChI is InChI=1S/C47H52N8O6/c1-26(2)40(52-46(58)59)44(56)54-22-10-20-38(54)42-48-24-36(50-42)34-18-8-14-30-28(12-6-16-32(30)34)29-13-7-17-33-31(29)15-9-19-35(33)37-25-49-43(51-37)39-21-11-23-55(39)45(57)41(27(3)4)53-47(60)61-5/h6-9,12-19,24-27,38-41,52H,10-11,20-23H2,1-5H3,(H,48,50)(H,49,51)(H,53,60)(H,58,59)/t38-,39-,40-,41?/m0/s1. The van der Waals surface area contributed by atoms with E-state index in [0.29, 0.717) is 24.7 Å². The van der Waals surface area contributed by atoms with E-state index in [1.165, 1.54) is 7.11 Å². The number of rotatable bonds is 11. The Morgan fingerprint density at radius 3 is 1.43 bits per heavy atom. The van der Waals surface area contributed by atoms with Crippen molar-refractivity contribution in [2.75, 3.05) is 20.2 Å². The molecular weight excluding hydrogens is 773 g/mol. The Hall–Kier alpha value is -6.70. The number of nitrogens with zero attached hydrogens (tertiary/aromatic N) is 4. The molecule has 4 heterocycles. The normalized spacial score (nSPS) is 17.6. The van der Waals surface area contributed by atoms with Gasteiger partial charge >= 0.3 is 12.2 Å². The minimum absolute atomic E-state index is 0.127. The first-order chi connectivity index (χ1) is 29.4. The van der Waals surface area contributed by atoms with Gasteiger partial charge in [0.25, 0.3) is 0 Å². The van der Waals surface area contributed by atoms with Gasteiger partial charge in [-0.05, 0) is 70.2 Å². The summed E-state index contributed by atoms with van der Waals surface area (Å²) in [5.74, 6) is 0.665. The molecule has 8 rings (SSSR count). The van der Waals surface area contributed by atoms with E-state index in [-0.39, 0.29) is 35.7 Å². The van der Waals surface area contributed by atoms with Crippen molar-refractivity contribution < 1.29 is 29.0 Å². The number of likely N-dealkylation sites (tertiary alicyclic amines) is 2. The van der Waals surface area contributed by atoms with Crippen LogP contribution in [-0.4, -0.2) is 91.1 Å². The zero-order valence-electron chi connectivity index (χ0n) is 35.1. The van der Waals surface area contributed by atoms with Gasteiger partial charge in [-0.1, -0.05) is 100 Å². The van der Waals surface area contributed by atoms with E-state index < -0.39 is 24.3 Å². The van der Waals surface area contributed by atoms with Crippen molar-refractivity contribution >= 4 is 45.5 Å². The predicted molar refractivity (Wildman–Crippen MR) is 233 cm³/mol. The molecule has 4 amide bonds. The number of methoxy groups -OCH3 is 1. The average Bonchev–Trinajstić information content (AvgIpc) is 4.10. The van der Waals surface area contributed by atoms with Gasteiger partial charge in [0.2, 0.25) is 11.8 Å². The monoisotopic (exact) mass is 824 g/mol. The van der Waals surface area contributed by atoms with Gasteiger partial charge in [0.05, 0.1) is 43.0 Å². The first kappa shape index (κ1) is 41.1. The number of aromatic amines is 2. The number of imidazole rings is 2. The second-order valence-electron chi connectivity index (χ2n) is 16.7. The van der Waals surface area contributed by atoms with E-state index in [0.717, 1.165) is 80.9 Å². The maximum absolute atomic E-state index is 13.8. The lowest BCUT2D eigenvalue weighted by atomic mass is 9.90. The molecule has 2 aromatic heterocycles. The van der Waals surface area contributed by atoms with Crippen LogP contribution in [0, 0.1) is 11.8 Å². The van der Waals surface area contributed by atoms with Crippen LogP contribution in [0.15, 0.2) is 85.2 Å². The number of aromatic nitrogens is 4. The van der Waals surface area contributed by atoms with E-state index in [9.17, 15) is 24.3 Å². The Labute approximate surface area is 354 Å². The minimum Gasteiger partial charge on any atom is -0.465 e. The first-order valence-corrected chi connectivity index (χ1v) is 21.0. The Morgan fingerprint density at radius 1 is 0.639 bits per heavy atom. The number of H-pyrrole nitrogens is 2. The summed E-state index contributed by atoms with van der Waals surface area (Å²) in [6, 6.07) is 23.1. The summed E-state index contributed by atoms with van der Waals surface area (Å²) in [6.45, 7) is 8.59. The number of carbonyl (C=O) groups excluding carboxylic acids is 3. The average molecular weight is 825 g/mol. The third-order valence-electron chi connectivity index (χ3n) is 12.2. The van der Waals surface area contributed by atoms with Crippen molar-refractivity contribution in [1.82, 2.24) is 40.4 Å². The van der Waals surface area contributed by atoms with E-state index in [1.54, 1.807) is 4.90 Å². The van der Waals surface area contributed by atoms with Crippen LogP contribution in [0.25, 0.3) is 55.2 Å². The quantitative estimate of drug-likeness (QED) is 0.0862. The van der Waals surface area contributed by atoms with Gasteiger partial charge in [-0.25, -0.2) is 19.6 Å². The summed E-state index contributed by atoms with van der Waals surface area (Å²) >= 11 is 0. The Bertz CT molecular complexity index is 2610. The van der Waals surface area contributed by atoms with E-state index in [1.807, 2.05) is 51.1 Å². The summed E-state index contributed by atoms with van der Waals surface area (Å²) in [7, 11) is 1.29. The highest BCUT2D eigenvalue weighted by atomic mass is 16.5. The zero-order valence-corrected chi connectivity index (χ0v) is 35.1. The largest absolute Gasteiger partial charge is 0.465 e. The minimum atomic E-state index is -1.22. The molecule has 4 atom stereocenters. The number of fused-ring (bicyclic) bond motifs is 2. The van der Waals surface area contributed by atoms with Gasteiger partial charge in [-0.2, -0.15) is 0 Å². The molecule has 0 saturated carbocycles. The van der Waals surface area contributed by atoms with Gasteiger partial charge in [-0.3, -0.25) is 9.59 Å². The van der Waals surface area contributed by atoms with Crippen LogP contribution in [0.2, 0.25) is 0 Å². The number of nitrogens with one attached hydrogen (secondary N) is 4. The molecule has 6 aromatic rings. The molecule has 2 aliphatic rings. The van der Waals surface area contributed by atoms with Crippen molar-refractivity contribution in [3.8, 4) is 33.6 Å². The highest BCUT2D eigenvalue weighted by molar-refractivity contribution is 6.11. The molecule has 0 aliphatic carbocycles. The Kier molecular flexibility index (Phi) is 11.5. The van der Waals surface area contributed by atoms with Gasteiger partial charge in [-0.15, -0.1) is 0 Å². The molecule has 0 bridgehead atoms. The number of hydrogen-bond acceptors (Lipinski definition) is 7. The van der Waals surface area contributed by atoms with Crippen molar-refractivity contribution in [3.05, 3.63) is 96.8 Å². The molecule has 14 nitrogen and oxygen atoms in total. The maximum Gasteiger partial charge on any atom is 0.407 e. The number of carbonyl (C=O) groups is 4. The number of benzene rings is 4. The molecule has 316 valence electrons. The fraction of sp³-hybridized carbons (Fsp3) is 0.362. The fourth-order valence-electron chi connectivity index (χ4n) is 9.18. The smallest absolute Gasteiger partial charge is 0.407 e. The summed E-state index contributed by atoms with van der Waals surface area (Å²) < 4.78 is 4.80. The van der Waals surface area contributed by atoms with E-state index in [4.69, 9.17) is 14.7 Å². The van der Waals surface area contributed by atoms with Crippen LogP contribution in [-0.2, 0) is 14.3 Å². The topological polar surface area (TPSA) is 186 Å². The molecule has 2 aliphatic heterocycles. The van der Waals surface area contributed by atoms with Gasteiger partial charge in [0.1, 0.15) is 23.7 Å². The van der Waals surface area contributed by atoms with Crippen molar-refractivity contribution in [1.29, 1.82) is 0 Å². The Morgan fingerprint density at radius 2 is 1.03 bits per heavy atom. The maximum atomic E-state index is 13.8. The third kappa shape index (κ3) is 7.89. The van der Waals surface area contributed by atoms with Crippen LogP contribution in [0.4, 0.5) is 9.59 Å². The Balaban J connectivity index is 1.09. The lowest BCUT2D eigenvalue weighted by molar-refractivity contribution is -0.136. The van der Waals surface area contributed by atoms with Crippen LogP contribution in [0.1, 0.15) is 77.1 Å². The highest BCUT2D eigenvalue weighted by Crippen LogP contribution is 2.41. The van der Waals surface area contributed by atoms with E-state index >= 15 is 0 Å². The van der Waals surface area contributed by atoms with Crippen molar-refractivity contribution in [2.45, 2.75) is 77.5 Å². The number of ether oxygens (including phenoxy) is 1. The number of carboxylic acid groups (broad SMARTS) is 1. The first-order valence-electron chi connectivity index (χ1n) is 21.0. The SMILES string of the molecule is COC(=O)NC(C(=O)N1CCC[C@H]1c1ncc(-c2cccc3c(-c4cccc5c(-c6cnc([C@@H]7CCCN7C(=O)[C@@H](NC(=O)O)C(C)C)[nH]6)cccc45)cccc23)[nH]1)C(C)C. The molecule has 5 N–H and O–H groups in total. The molecular formula is C47H52N8O6. The van der Waals surface area contributed by atoms with Crippen molar-refractivity contribution in [2.24, 2.45) is 11.8 Å². The summed E-state index contributed by atoms with van der Waals surface area (Å²) in [5, 5.41) is 18.8. The summed E-state index contributed by atoms with van der Waals surface area (Å²) in [5.41, 5.74) is 5.80. The van der Waals surface area contributed by atoms with E-state index in [2.05, 4.69) is 87.3 Å². The third-order valence-corrected chi connectivity index (χ3v) is 12.2. The predicted octanol–water partition coefficient (Wildman–Crippen LogP) is 8.44. The summed E-state index contributed by atoms with van der Waals surface area (Å²) in [4.78, 5) is 71.2. The molecule has 0 radical (unpaired) electrons.